The van der Waals surface area contributed by atoms with Gasteiger partial charge in [0.1, 0.15) is 37.1 Å². The molecule has 0 aliphatic carbocycles. The van der Waals surface area contributed by atoms with Crippen molar-refractivity contribution < 1.29 is 47.1 Å². The molecule has 0 spiro atoms. The zero-order chi connectivity index (χ0) is 81.3. The summed E-state index contributed by atoms with van der Waals surface area (Å²) in [5, 5.41) is 15.9. The molecule has 0 aliphatic heterocycles. The molecular weight excluding hydrogens is 1450 g/mol. The highest BCUT2D eigenvalue weighted by Gasteiger charge is 2.40. The van der Waals surface area contributed by atoms with Crippen molar-refractivity contribution in [2.75, 3.05) is 64.5 Å². The third kappa shape index (κ3) is 22.7. The molecule has 594 valence electrons. The van der Waals surface area contributed by atoms with Crippen molar-refractivity contribution >= 4 is 76.9 Å². The number of ether oxygens (including phenoxy) is 3. The Hall–Kier alpha value is -9.05. The van der Waals surface area contributed by atoms with Gasteiger partial charge in [0.25, 0.3) is 0 Å². The number of carbonyl (C=O) groups excluding carboxylic acids is 4. The van der Waals surface area contributed by atoms with Gasteiger partial charge in [0.2, 0.25) is 23.6 Å². The third-order valence-corrected chi connectivity index (χ3v) is 29.4. The lowest BCUT2D eigenvalue weighted by Crippen LogP contribution is -2.34. The number of unbranched alkanes of at least 4 members (excludes halogenated alkanes) is 3. The molecule has 9 aromatic carbocycles. The molecule has 0 atom stereocenters. The molecule has 0 saturated heterocycles. The van der Waals surface area contributed by atoms with E-state index in [0.29, 0.717) is 62.0 Å². The highest BCUT2D eigenvalue weighted by Crippen LogP contribution is 2.54. The van der Waals surface area contributed by atoms with Gasteiger partial charge in [-0.05, 0) is 63.0 Å². The molecule has 0 aromatic heterocycles. The molecule has 112 heavy (non-hydrogen) atoms. The largest absolute Gasteiger partial charge is 0.491 e. The van der Waals surface area contributed by atoms with Gasteiger partial charge in [-0.3, -0.25) is 19.2 Å². The van der Waals surface area contributed by atoms with Crippen LogP contribution in [0.15, 0.2) is 218 Å². The van der Waals surface area contributed by atoms with Crippen molar-refractivity contribution in [3.63, 3.8) is 0 Å². The molecule has 4 N–H and O–H groups in total. The second kappa shape index (κ2) is 37.7. The van der Waals surface area contributed by atoms with Crippen LogP contribution in [0, 0.1) is 0 Å². The van der Waals surface area contributed by atoms with Gasteiger partial charge < -0.3 is 49.2 Å². The van der Waals surface area contributed by atoms with Crippen LogP contribution in [0.1, 0.15) is 192 Å². The minimum atomic E-state index is -3.46. The maximum Gasteiger partial charge on any atom is 0.228 e. The lowest BCUT2D eigenvalue weighted by Gasteiger charge is -2.36. The molecule has 0 radical (unpaired) electrons. The van der Waals surface area contributed by atoms with E-state index in [1.54, 1.807) is 6.92 Å². The lowest BCUT2D eigenvalue weighted by atomic mass is 9.71. The molecule has 0 heterocycles. The lowest BCUT2D eigenvalue weighted by molar-refractivity contribution is -0.119. The highest BCUT2D eigenvalue weighted by molar-refractivity contribution is 7.80. The highest BCUT2D eigenvalue weighted by atomic mass is 31.2. The first-order chi connectivity index (χ1) is 52.9. The first-order valence-electron chi connectivity index (χ1n) is 39.5. The number of nitrogens with one attached hydrogen (secondary N) is 4. The number of amides is 4. The molecule has 0 saturated carbocycles. The molecule has 0 unspecified atom stereocenters. The number of rotatable bonds is 34. The van der Waals surface area contributed by atoms with Crippen molar-refractivity contribution in [3.8, 4) is 17.2 Å². The van der Waals surface area contributed by atoms with Gasteiger partial charge in [-0.25, -0.2) is 0 Å². The summed E-state index contributed by atoms with van der Waals surface area (Å²) < 4.78 is 68.5. The van der Waals surface area contributed by atoms with Crippen LogP contribution in [-0.4, -0.2) is 88.1 Å². The Labute approximate surface area is 667 Å². The van der Waals surface area contributed by atoms with E-state index >= 15 is 13.7 Å². The van der Waals surface area contributed by atoms with Crippen LogP contribution < -0.4 is 67.3 Å². The minimum Gasteiger partial charge on any atom is -0.491 e. The van der Waals surface area contributed by atoms with E-state index in [2.05, 4.69) is 162 Å². The van der Waals surface area contributed by atoms with Gasteiger partial charge in [0, 0.05) is 84.6 Å². The number of benzene rings is 9. The van der Waals surface area contributed by atoms with Gasteiger partial charge in [0.15, 0.2) is 21.4 Å². The van der Waals surface area contributed by atoms with Crippen LogP contribution in [0.4, 0.5) is 0 Å². The zero-order valence-electron chi connectivity index (χ0n) is 68.9. The molecule has 9 aromatic rings. The van der Waals surface area contributed by atoms with Crippen LogP contribution >= 0.6 is 21.4 Å². The summed E-state index contributed by atoms with van der Waals surface area (Å²) in [6.07, 6.45) is 3.42. The summed E-state index contributed by atoms with van der Waals surface area (Å²) in [6.45, 7) is 35.3. The Kier molecular flexibility index (Phi) is 29.3. The molecular formula is C95H119N4O10P3. The first-order valence-corrected chi connectivity index (χ1v) is 45.2. The van der Waals surface area contributed by atoms with Gasteiger partial charge in [-0.15, -0.1) is 0 Å². The van der Waals surface area contributed by atoms with Crippen LogP contribution in [-0.2, 0) is 66.4 Å². The van der Waals surface area contributed by atoms with Crippen molar-refractivity contribution in [2.24, 2.45) is 0 Å². The summed E-state index contributed by atoms with van der Waals surface area (Å²) in [7, 11) is -10.4. The second-order valence-electron chi connectivity index (χ2n) is 34.6. The van der Waals surface area contributed by atoms with Gasteiger partial charge in [-0.1, -0.05) is 335 Å². The summed E-state index contributed by atoms with van der Waals surface area (Å²) in [5.74, 6) is -0.217. The maximum absolute atomic E-state index is 15.4. The van der Waals surface area contributed by atoms with Crippen LogP contribution in [0.5, 0.6) is 17.2 Å². The number of hydrogen-bond donors (Lipinski definition) is 4. The van der Waals surface area contributed by atoms with E-state index in [1.165, 1.54) is 0 Å². The fraction of sp³-hybridized carbons (Fsp3) is 0.389. The Bertz CT molecular complexity index is 4480. The molecule has 9 rings (SSSR count). The molecule has 0 aliphatic rings. The Morgan fingerprint density at radius 1 is 0.321 bits per heavy atom. The zero-order valence-corrected chi connectivity index (χ0v) is 71.6. The standard InChI is InChI=1S/C95H119N4O10P3/c1-68(100)96-52-38-18-17-25-39-69-59-78(88(81(60-69)93(8,9)10)107-56-53-97-84(101)65-110(104,72-40-26-19-27-41-72)73-42-28-20-29-43-73)87(79-61-70(91(2,3)4)63-82(94(11,12)13)89(79)108-57-54-98-85(102)66-111(105,74-44-30-21-31-45-74)75-46-32-22-33-47-75)80-62-71(92(5,6)7)64-83(95(14,15)16)90(80)109-58-55-99-86(103)67-112(106,76-48-34-23-35-49-76)77-50-36-24-37-51-77/h19-24,26-37,40-51,59-64,87H,17-18,25,38-39,52-58,65-67H2,1-16H3,(H,96,100)(H,97,101)(H,98,102)(H,99,103). The summed E-state index contributed by atoms with van der Waals surface area (Å²) >= 11 is 0. The van der Waals surface area contributed by atoms with Crippen molar-refractivity contribution in [1.29, 1.82) is 0 Å². The summed E-state index contributed by atoms with van der Waals surface area (Å²) in [5.41, 5.74) is 5.72. The van der Waals surface area contributed by atoms with Gasteiger partial charge >= 0.3 is 0 Å². The molecule has 0 bridgehead atoms. The summed E-state index contributed by atoms with van der Waals surface area (Å²) in [6, 6.07) is 68.8. The van der Waals surface area contributed by atoms with Crippen LogP contribution in [0.25, 0.3) is 0 Å². The summed E-state index contributed by atoms with van der Waals surface area (Å²) in [4.78, 5) is 55.6. The normalized spacial score (nSPS) is 12.4. The fourth-order valence-electron chi connectivity index (χ4n) is 14.2. The molecule has 0 fully saturated rings. The SMILES string of the molecule is CC(=O)NCCCCCCc1cc(C(c2cc(C(C)(C)C)cc(C(C)(C)C)c2OCCNC(=O)CP(=O)(c2ccccc2)c2ccccc2)c2cc(C(C)(C)C)cc(C(C)(C)C)c2OCCNC(=O)CP(=O)(c2ccccc2)c2ccccc2)c(OCCNC(=O)CP(=O)(c2ccccc2)c2ccccc2)c(C(C)(C)C)c1. The first kappa shape index (κ1) is 86.9. The van der Waals surface area contributed by atoms with E-state index in [4.69, 9.17) is 14.2 Å². The predicted molar refractivity (Wildman–Crippen MR) is 464 cm³/mol. The Morgan fingerprint density at radius 3 is 0.857 bits per heavy atom. The van der Waals surface area contributed by atoms with Gasteiger partial charge in [0.05, 0.1) is 38.1 Å². The van der Waals surface area contributed by atoms with E-state index in [9.17, 15) is 19.2 Å². The topological polar surface area (TPSA) is 195 Å². The smallest absolute Gasteiger partial charge is 0.228 e. The van der Waals surface area contributed by atoms with Crippen LogP contribution in [0.2, 0.25) is 0 Å². The number of aryl methyl sites for hydroxylation is 1. The van der Waals surface area contributed by atoms with Gasteiger partial charge in [-0.2, -0.15) is 0 Å². The van der Waals surface area contributed by atoms with E-state index in [1.807, 2.05) is 182 Å². The second-order valence-corrected chi connectivity index (χ2v) is 43.1. The van der Waals surface area contributed by atoms with Crippen molar-refractivity contribution in [2.45, 2.75) is 176 Å². The third-order valence-electron chi connectivity index (χ3n) is 20.4. The van der Waals surface area contributed by atoms with E-state index < -0.39 is 54.4 Å². The Morgan fingerprint density at radius 2 is 0.589 bits per heavy atom. The average molecular weight is 1570 g/mol. The molecule has 4 amide bonds. The van der Waals surface area contributed by atoms with E-state index in [0.717, 1.165) is 75.8 Å². The van der Waals surface area contributed by atoms with Crippen molar-refractivity contribution in [1.82, 2.24) is 21.3 Å². The van der Waals surface area contributed by atoms with Crippen molar-refractivity contribution in [3.05, 3.63) is 268 Å². The average Bonchev–Trinajstić information content (AvgIpc) is 0.728. The monoisotopic (exact) mass is 1570 g/mol. The fourth-order valence-corrected chi connectivity index (χ4v) is 21.7. The molecule has 17 heteroatoms. The van der Waals surface area contributed by atoms with E-state index in [-0.39, 0.29) is 81.6 Å². The Balaban J connectivity index is 1.25. The quantitative estimate of drug-likeness (QED) is 0.0171. The molecule has 14 nitrogen and oxygen atoms in total. The minimum absolute atomic E-state index is 0.0166. The maximum atomic E-state index is 15.4. The number of hydrogen-bond acceptors (Lipinski definition) is 10. The van der Waals surface area contributed by atoms with Crippen LogP contribution in [0.3, 0.4) is 0 Å². The predicted octanol–water partition coefficient (Wildman–Crippen LogP) is 17.1. The number of carbonyl (C=O) groups is 4.